The molecule has 1 radical (unpaired) electrons. The molecule has 2 heterocycles. The van der Waals surface area contributed by atoms with Gasteiger partial charge in [0.15, 0.2) is 0 Å². The van der Waals surface area contributed by atoms with E-state index < -0.39 is 0 Å². The minimum absolute atomic E-state index is 0. The smallest absolute Gasteiger partial charge is 0.116 e. The fourth-order valence-corrected chi connectivity index (χ4v) is 2.14. The Morgan fingerprint density at radius 3 is 2.44 bits per heavy atom. The Labute approximate surface area is 124 Å². The molecule has 1 aromatic carbocycles. The van der Waals surface area contributed by atoms with Gasteiger partial charge in [-0.05, 0) is 12.1 Å². The second-order valence-electron chi connectivity index (χ2n) is 3.75. The zero-order valence-electron chi connectivity index (χ0n) is 9.42. The number of hydrogen-bond donors (Lipinski definition) is 0. The van der Waals surface area contributed by atoms with Crippen LogP contribution in [0.5, 0.6) is 0 Å². The number of aromatic nitrogens is 2. The first kappa shape index (κ1) is 13.2. The first-order valence-corrected chi connectivity index (χ1v) is 5.80. The molecule has 0 fully saturated rings. The van der Waals surface area contributed by atoms with Crippen molar-refractivity contribution in [2.75, 3.05) is 0 Å². The number of benzene rings is 1. The van der Waals surface area contributed by atoms with E-state index in [1.54, 1.807) is 5.88 Å². The zero-order chi connectivity index (χ0) is 11.7. The van der Waals surface area contributed by atoms with Crippen molar-refractivity contribution in [1.82, 2.24) is 9.38 Å². The molecule has 3 rings (SSSR count). The van der Waals surface area contributed by atoms with Crippen molar-refractivity contribution in [2.45, 2.75) is 0 Å². The van der Waals surface area contributed by atoms with Gasteiger partial charge in [-0.3, -0.25) is 0 Å². The van der Waals surface area contributed by atoms with Crippen LogP contribution >= 0.6 is 11.6 Å². The maximum atomic E-state index is 5.92. The van der Waals surface area contributed by atoms with Crippen LogP contribution in [0.2, 0.25) is 0 Å². The molecule has 0 aliphatic heterocycles. The van der Waals surface area contributed by atoms with Gasteiger partial charge >= 0.3 is 0 Å². The number of rotatable bonds is 2. The van der Waals surface area contributed by atoms with Gasteiger partial charge in [0.25, 0.3) is 0 Å². The molecule has 0 saturated carbocycles. The Bertz CT molecular complexity index is 649. The molecule has 0 spiro atoms. The molecule has 0 unspecified atom stereocenters. The predicted octanol–water partition coefficient (Wildman–Crippen LogP) is 3.75. The van der Waals surface area contributed by atoms with E-state index in [-0.39, 0.29) is 20.4 Å². The Kier molecular flexibility index (Phi) is 4.08. The molecule has 0 amide bonds. The molecule has 0 aliphatic rings. The number of fused-ring (bicyclic) bond motifs is 1. The van der Waals surface area contributed by atoms with Crippen LogP contribution in [0.3, 0.4) is 0 Å². The largest absolute Gasteiger partial charge is 0.335 e. The van der Waals surface area contributed by atoms with Gasteiger partial charge in [0.2, 0.25) is 0 Å². The average Bonchev–Trinajstić information content (AvgIpc) is 2.78. The SMILES string of the molecule is Cl[CH-]c1c(-c2ccccc2)nc2ccccn12.[Re]. The molecule has 0 aliphatic carbocycles. The summed E-state index contributed by atoms with van der Waals surface area (Å²) in [6.45, 7) is 0. The summed E-state index contributed by atoms with van der Waals surface area (Å²) in [4.78, 5) is 4.60. The number of hydrogen-bond acceptors (Lipinski definition) is 1. The minimum Gasteiger partial charge on any atom is -0.335 e. The van der Waals surface area contributed by atoms with Crippen LogP contribution in [0.4, 0.5) is 0 Å². The van der Waals surface area contributed by atoms with Gasteiger partial charge in [-0.2, -0.15) is 0 Å². The maximum absolute atomic E-state index is 5.92. The van der Waals surface area contributed by atoms with Crippen molar-refractivity contribution in [3.63, 3.8) is 0 Å². The fraction of sp³-hybridized carbons (Fsp3) is 0. The molecule has 0 saturated heterocycles. The summed E-state index contributed by atoms with van der Waals surface area (Å²) in [7, 11) is 0. The monoisotopic (exact) mass is 428 g/mol. The number of nitrogens with zero attached hydrogens (tertiary/aromatic N) is 2. The van der Waals surface area contributed by atoms with Gasteiger partial charge in [0, 0.05) is 26.6 Å². The normalized spacial score (nSPS) is 10.1. The molecule has 4 heteroatoms. The molecule has 91 valence electrons. The topological polar surface area (TPSA) is 17.3 Å². The maximum Gasteiger partial charge on any atom is 0.116 e. The average molecular weight is 428 g/mol. The van der Waals surface area contributed by atoms with Crippen molar-refractivity contribution in [1.29, 1.82) is 0 Å². The van der Waals surface area contributed by atoms with E-state index in [0.717, 1.165) is 22.6 Å². The third-order valence-electron chi connectivity index (χ3n) is 2.72. The van der Waals surface area contributed by atoms with Gasteiger partial charge in [0.05, 0.1) is 0 Å². The Balaban J connectivity index is 0.00000120. The third kappa shape index (κ3) is 2.18. The number of pyridine rings is 1. The Morgan fingerprint density at radius 1 is 1.00 bits per heavy atom. The van der Waals surface area contributed by atoms with Crippen LogP contribution in [-0.4, -0.2) is 9.38 Å². The molecule has 18 heavy (non-hydrogen) atoms. The van der Waals surface area contributed by atoms with Crippen molar-refractivity contribution >= 4 is 17.2 Å². The molecular formula is C14H10ClN2Re-. The van der Waals surface area contributed by atoms with Crippen LogP contribution in [0, 0.1) is 5.88 Å². The van der Waals surface area contributed by atoms with Gasteiger partial charge < -0.3 is 9.38 Å². The predicted molar refractivity (Wildman–Crippen MR) is 69.9 cm³/mol. The third-order valence-corrected chi connectivity index (χ3v) is 2.92. The standard InChI is InChI=1S/C14H10ClN2.Re/c15-10-12-14(11-6-2-1-3-7-11)16-13-8-4-5-9-17(12)13;/h1-10H;/q-1;. The second kappa shape index (κ2) is 5.58. The summed E-state index contributed by atoms with van der Waals surface area (Å²) in [6.07, 6.45) is 1.96. The first-order chi connectivity index (χ1) is 8.40. The molecule has 2 nitrogen and oxygen atoms in total. The van der Waals surface area contributed by atoms with Crippen molar-refractivity contribution in [2.24, 2.45) is 0 Å². The zero-order valence-corrected chi connectivity index (χ0v) is 12.9. The second-order valence-corrected chi connectivity index (χ2v) is 3.97. The van der Waals surface area contributed by atoms with Gasteiger partial charge in [-0.25, -0.2) is 11.6 Å². The summed E-state index contributed by atoms with van der Waals surface area (Å²) in [6, 6.07) is 16.0. The Hall–Kier alpha value is -1.27. The summed E-state index contributed by atoms with van der Waals surface area (Å²) in [5, 5.41) is 0. The molecule has 0 atom stereocenters. The van der Waals surface area contributed by atoms with Gasteiger partial charge in [-0.1, -0.05) is 53.3 Å². The van der Waals surface area contributed by atoms with Crippen LogP contribution in [-0.2, 0) is 20.4 Å². The van der Waals surface area contributed by atoms with Gasteiger partial charge in [-0.15, -0.1) is 5.88 Å². The van der Waals surface area contributed by atoms with Crippen LogP contribution in [0.15, 0.2) is 54.7 Å². The summed E-state index contributed by atoms with van der Waals surface area (Å²) in [5.41, 5.74) is 3.79. The van der Waals surface area contributed by atoms with E-state index in [1.165, 1.54) is 0 Å². The minimum atomic E-state index is 0. The van der Waals surface area contributed by atoms with Crippen molar-refractivity contribution in [3.8, 4) is 11.3 Å². The van der Waals surface area contributed by atoms with E-state index in [4.69, 9.17) is 11.6 Å². The van der Waals surface area contributed by atoms with E-state index in [0.29, 0.717) is 0 Å². The molecule has 3 aromatic rings. The molecule has 0 N–H and O–H groups in total. The van der Waals surface area contributed by atoms with Crippen LogP contribution in [0.25, 0.3) is 16.9 Å². The van der Waals surface area contributed by atoms with Gasteiger partial charge in [0.1, 0.15) is 5.65 Å². The number of halogens is 1. The summed E-state index contributed by atoms with van der Waals surface area (Å²) in [5.74, 6) is 1.57. The quantitative estimate of drug-likeness (QED) is 0.569. The fourth-order valence-electron chi connectivity index (χ4n) is 1.93. The summed E-state index contributed by atoms with van der Waals surface area (Å²) < 4.78 is 1.98. The molecule has 2 aromatic heterocycles. The Morgan fingerprint density at radius 2 is 1.72 bits per heavy atom. The first-order valence-electron chi connectivity index (χ1n) is 5.36. The van der Waals surface area contributed by atoms with Crippen LogP contribution < -0.4 is 0 Å². The van der Waals surface area contributed by atoms with E-state index in [9.17, 15) is 0 Å². The molecule has 0 bridgehead atoms. The van der Waals surface area contributed by atoms with E-state index >= 15 is 0 Å². The summed E-state index contributed by atoms with van der Waals surface area (Å²) >= 11 is 5.92. The van der Waals surface area contributed by atoms with Crippen LogP contribution in [0.1, 0.15) is 5.69 Å². The molecular weight excluding hydrogens is 418 g/mol. The van der Waals surface area contributed by atoms with Crippen molar-refractivity contribution < 1.29 is 20.4 Å². The van der Waals surface area contributed by atoms with Crippen molar-refractivity contribution in [3.05, 3.63) is 66.3 Å². The van der Waals surface area contributed by atoms with E-state index in [1.807, 2.05) is 59.1 Å². The number of imidazole rings is 1. The van der Waals surface area contributed by atoms with E-state index in [2.05, 4.69) is 4.98 Å².